The molecule has 2 fully saturated rings. The number of nitriles is 1. The predicted molar refractivity (Wildman–Crippen MR) is 148 cm³/mol. The molecule has 2 unspecified atom stereocenters. The van der Waals surface area contributed by atoms with E-state index < -0.39 is 11.4 Å². The summed E-state index contributed by atoms with van der Waals surface area (Å²) in [5.74, 6) is 0.141. The summed E-state index contributed by atoms with van der Waals surface area (Å²) in [7, 11) is 0. The molecule has 10 heteroatoms. The number of hydrogen-bond donors (Lipinski definition) is 1. The first-order chi connectivity index (χ1) is 18.7. The van der Waals surface area contributed by atoms with Gasteiger partial charge >= 0.3 is 0 Å². The topological polar surface area (TPSA) is 92.2 Å². The molecule has 2 aromatic heterocycles. The average molecular weight is 587 g/mol. The minimum atomic E-state index is -1.14. The highest BCUT2D eigenvalue weighted by Crippen LogP contribution is 2.57. The summed E-state index contributed by atoms with van der Waals surface area (Å²) in [5.41, 5.74) is 1.34. The van der Waals surface area contributed by atoms with E-state index in [2.05, 4.69) is 10.1 Å². The Bertz CT molecular complexity index is 1580. The summed E-state index contributed by atoms with van der Waals surface area (Å²) in [6, 6.07) is 10.1. The van der Waals surface area contributed by atoms with Gasteiger partial charge in [-0.05, 0) is 61.8 Å². The zero-order valence-corrected chi connectivity index (χ0v) is 23.7. The first-order valence-corrected chi connectivity index (χ1v) is 14.5. The van der Waals surface area contributed by atoms with Crippen molar-refractivity contribution < 1.29 is 18.8 Å². The molecule has 0 amide bonds. The van der Waals surface area contributed by atoms with Crippen molar-refractivity contribution in [3.05, 3.63) is 68.1 Å². The molecule has 0 spiro atoms. The number of hydrogen-bond acceptors (Lipinski definition) is 7. The molecule has 0 radical (unpaired) electrons. The molecule has 2 bridgehead atoms. The molecular weight excluding hydrogens is 560 g/mol. The van der Waals surface area contributed by atoms with Crippen LogP contribution in [0, 0.1) is 29.0 Å². The Morgan fingerprint density at radius 2 is 1.92 bits per heavy atom. The van der Waals surface area contributed by atoms with E-state index in [4.69, 9.17) is 32.5 Å². The van der Waals surface area contributed by atoms with Crippen LogP contribution in [0.1, 0.15) is 67.3 Å². The molecular formula is C29H26Cl2FN3O3S. The molecule has 2 heterocycles. The quantitative estimate of drug-likeness (QED) is 0.246. The second-order valence-corrected chi connectivity index (χ2v) is 12.6. The molecule has 2 saturated carbocycles. The van der Waals surface area contributed by atoms with Gasteiger partial charge in [-0.25, -0.2) is 9.37 Å². The van der Waals surface area contributed by atoms with Crippen LogP contribution in [0.3, 0.4) is 0 Å². The lowest BCUT2D eigenvalue weighted by molar-refractivity contribution is -0.116. The maximum absolute atomic E-state index is 14.6. The van der Waals surface area contributed by atoms with E-state index in [-0.39, 0.29) is 41.5 Å². The number of rotatable bonds is 6. The third-order valence-corrected chi connectivity index (χ3v) is 9.90. The number of aromatic nitrogens is 2. The molecule has 2 aromatic carbocycles. The molecule has 39 heavy (non-hydrogen) atoms. The van der Waals surface area contributed by atoms with Gasteiger partial charge < -0.3 is 14.4 Å². The van der Waals surface area contributed by atoms with Gasteiger partial charge in [0, 0.05) is 17.0 Å². The van der Waals surface area contributed by atoms with E-state index in [1.54, 1.807) is 24.3 Å². The highest BCUT2D eigenvalue weighted by molar-refractivity contribution is 7.18. The Morgan fingerprint density at radius 1 is 1.23 bits per heavy atom. The second kappa shape index (κ2) is 10.1. The van der Waals surface area contributed by atoms with E-state index in [1.807, 2.05) is 19.9 Å². The molecule has 2 aliphatic carbocycles. The fourth-order valence-electron chi connectivity index (χ4n) is 6.25. The number of nitrogens with zero attached hydrogens (tertiary/aromatic N) is 3. The van der Waals surface area contributed by atoms with Gasteiger partial charge in [-0.1, -0.05) is 48.3 Å². The van der Waals surface area contributed by atoms with Crippen molar-refractivity contribution in [1.29, 1.82) is 5.26 Å². The smallest absolute Gasteiger partial charge is 0.151 e. The fraction of sp³-hybridized carbons (Fsp3) is 0.414. The SMILES string of the molecule is CC(C)c1onc(-c2c(Cl)cccc2Cl)c1COC1C[C@H]2CC[C@@H](C1)C2(O)c1nc2c(F)cc(C#N)cc2s1. The van der Waals surface area contributed by atoms with Crippen LogP contribution in [0.5, 0.6) is 0 Å². The first kappa shape index (κ1) is 26.7. The lowest BCUT2D eigenvalue weighted by atomic mass is 9.73. The van der Waals surface area contributed by atoms with Crippen LogP contribution < -0.4 is 0 Å². The van der Waals surface area contributed by atoms with Crippen molar-refractivity contribution in [3.8, 4) is 17.3 Å². The Hall–Kier alpha value is -2.54. The second-order valence-electron chi connectivity index (χ2n) is 10.8. The minimum Gasteiger partial charge on any atom is -0.382 e. The van der Waals surface area contributed by atoms with Gasteiger partial charge in [-0.3, -0.25) is 0 Å². The summed E-state index contributed by atoms with van der Waals surface area (Å²) in [5, 5.41) is 27.0. The fourth-order valence-corrected chi connectivity index (χ4v) is 8.09. The predicted octanol–water partition coefficient (Wildman–Crippen LogP) is 7.99. The molecule has 0 saturated heterocycles. The summed E-state index contributed by atoms with van der Waals surface area (Å²) in [6.07, 6.45) is 2.91. The van der Waals surface area contributed by atoms with Crippen LogP contribution in [0.15, 0.2) is 34.9 Å². The van der Waals surface area contributed by atoms with Crippen LogP contribution in [0.25, 0.3) is 21.5 Å². The molecule has 0 aliphatic heterocycles. The molecule has 4 atom stereocenters. The van der Waals surface area contributed by atoms with Gasteiger partial charge in [0.05, 0.1) is 39.1 Å². The largest absolute Gasteiger partial charge is 0.382 e. The van der Waals surface area contributed by atoms with E-state index in [0.29, 0.717) is 43.9 Å². The molecule has 4 aromatic rings. The highest BCUT2D eigenvalue weighted by atomic mass is 35.5. The van der Waals surface area contributed by atoms with E-state index in [1.165, 1.54) is 17.4 Å². The van der Waals surface area contributed by atoms with E-state index in [9.17, 15) is 14.8 Å². The Morgan fingerprint density at radius 3 is 2.56 bits per heavy atom. The standard InChI is InChI=1S/C29H26Cl2FN3O3S/c1-14(2)27-19(25(35-38-27)24-20(30)4-3-5-21(24)31)13-37-18-10-16-6-7-17(11-18)29(16,36)28-34-26-22(32)8-15(12-33)9-23(26)39-28/h3-5,8-9,14,16-18,36H,6-7,10-11,13H2,1-2H3/t16-,17+,18?,29?. The van der Waals surface area contributed by atoms with Crippen molar-refractivity contribution in [2.45, 2.75) is 63.8 Å². The Balaban J connectivity index is 1.25. The maximum Gasteiger partial charge on any atom is 0.151 e. The normalized spacial score (nSPS) is 24.5. The number of halogens is 3. The number of aliphatic hydroxyl groups is 1. The Kier molecular flexibility index (Phi) is 6.93. The summed E-state index contributed by atoms with van der Waals surface area (Å²) in [6.45, 7) is 4.34. The van der Waals surface area contributed by atoms with Gasteiger partial charge in [-0.15, -0.1) is 11.3 Å². The highest BCUT2D eigenvalue weighted by Gasteiger charge is 2.56. The third-order valence-electron chi connectivity index (χ3n) is 8.13. The molecule has 2 aliphatic rings. The molecule has 202 valence electrons. The van der Waals surface area contributed by atoms with Crippen molar-refractivity contribution in [2.75, 3.05) is 0 Å². The number of fused-ring (bicyclic) bond motifs is 3. The van der Waals surface area contributed by atoms with E-state index >= 15 is 0 Å². The monoisotopic (exact) mass is 585 g/mol. The van der Waals surface area contributed by atoms with Crippen molar-refractivity contribution in [2.24, 2.45) is 11.8 Å². The molecule has 1 N–H and O–H groups in total. The maximum atomic E-state index is 14.6. The minimum absolute atomic E-state index is 0.0650. The summed E-state index contributed by atoms with van der Waals surface area (Å²) < 4.78 is 27.4. The zero-order chi connectivity index (χ0) is 27.5. The van der Waals surface area contributed by atoms with E-state index in [0.717, 1.165) is 24.2 Å². The van der Waals surface area contributed by atoms with Gasteiger partial charge in [0.25, 0.3) is 0 Å². The first-order valence-electron chi connectivity index (χ1n) is 13.0. The third kappa shape index (κ3) is 4.45. The van der Waals surface area contributed by atoms with Crippen LogP contribution in [0.4, 0.5) is 4.39 Å². The van der Waals surface area contributed by atoms with Gasteiger partial charge in [0.15, 0.2) is 5.82 Å². The molecule has 6 rings (SSSR count). The number of thiazole rings is 1. The number of ether oxygens (including phenoxy) is 1. The van der Waals surface area contributed by atoms with Gasteiger partial charge in [-0.2, -0.15) is 5.26 Å². The van der Waals surface area contributed by atoms with Crippen molar-refractivity contribution >= 4 is 44.8 Å². The molecule has 6 nitrogen and oxygen atoms in total. The van der Waals surface area contributed by atoms with Crippen molar-refractivity contribution in [3.63, 3.8) is 0 Å². The summed E-state index contributed by atoms with van der Waals surface area (Å²) in [4.78, 5) is 4.53. The van der Waals surface area contributed by atoms with Crippen LogP contribution in [-0.4, -0.2) is 21.4 Å². The Labute approximate surface area is 239 Å². The van der Waals surface area contributed by atoms with Crippen molar-refractivity contribution in [1.82, 2.24) is 10.1 Å². The zero-order valence-electron chi connectivity index (χ0n) is 21.4. The van der Waals surface area contributed by atoms with Gasteiger partial charge in [0.2, 0.25) is 0 Å². The van der Waals surface area contributed by atoms with Crippen LogP contribution in [0.2, 0.25) is 10.0 Å². The lowest BCUT2D eigenvalue weighted by Gasteiger charge is -2.41. The van der Waals surface area contributed by atoms with Gasteiger partial charge in [0.1, 0.15) is 27.6 Å². The summed E-state index contributed by atoms with van der Waals surface area (Å²) >= 11 is 14.2. The van der Waals surface area contributed by atoms with Crippen LogP contribution in [-0.2, 0) is 16.9 Å². The van der Waals surface area contributed by atoms with Crippen LogP contribution >= 0.6 is 34.5 Å². The lowest BCUT2D eigenvalue weighted by Crippen LogP contribution is -2.44. The average Bonchev–Trinajstić information content (AvgIpc) is 3.55. The number of benzene rings is 2.